The van der Waals surface area contributed by atoms with Crippen LogP contribution in [0, 0.1) is 0 Å². The minimum atomic E-state index is 0.527. The van der Waals surface area contributed by atoms with Crippen LogP contribution in [-0.4, -0.2) is 11.5 Å². The van der Waals surface area contributed by atoms with Crippen LogP contribution in [0.15, 0.2) is 16.7 Å². The standard InChI is InChI=1S/C9H12BrClN2/c1-2-3-4-12-8-5-7(10)6-13-9(8)11/h5-6,12H,2-4H2,1H3. The number of hydrogen-bond donors (Lipinski definition) is 1. The molecule has 1 N–H and O–H groups in total. The molecule has 0 aliphatic rings. The highest BCUT2D eigenvalue weighted by molar-refractivity contribution is 9.10. The summed E-state index contributed by atoms with van der Waals surface area (Å²) in [6, 6.07) is 1.94. The third-order valence-corrected chi connectivity index (χ3v) is 2.39. The topological polar surface area (TPSA) is 24.9 Å². The Morgan fingerprint density at radius 3 is 3.08 bits per heavy atom. The summed E-state index contributed by atoms with van der Waals surface area (Å²) in [7, 11) is 0. The van der Waals surface area contributed by atoms with Crippen LogP contribution in [0.25, 0.3) is 0 Å². The molecule has 0 saturated carbocycles. The van der Waals surface area contributed by atoms with Crippen molar-refractivity contribution < 1.29 is 0 Å². The van der Waals surface area contributed by atoms with Gasteiger partial charge in [-0.3, -0.25) is 0 Å². The zero-order valence-corrected chi connectivity index (χ0v) is 9.82. The molecule has 1 rings (SSSR count). The molecule has 4 heteroatoms. The van der Waals surface area contributed by atoms with E-state index in [1.807, 2.05) is 6.07 Å². The summed E-state index contributed by atoms with van der Waals surface area (Å²) in [5.74, 6) is 0. The Hall–Kier alpha value is -0.280. The van der Waals surface area contributed by atoms with Crippen molar-refractivity contribution in [3.8, 4) is 0 Å². The van der Waals surface area contributed by atoms with E-state index < -0.39 is 0 Å². The van der Waals surface area contributed by atoms with Crippen molar-refractivity contribution in [2.45, 2.75) is 19.8 Å². The molecule has 72 valence electrons. The third-order valence-electron chi connectivity index (χ3n) is 1.65. The zero-order valence-electron chi connectivity index (χ0n) is 7.48. The number of aromatic nitrogens is 1. The number of hydrogen-bond acceptors (Lipinski definition) is 2. The van der Waals surface area contributed by atoms with Gasteiger partial charge in [0.25, 0.3) is 0 Å². The molecule has 0 bridgehead atoms. The second-order valence-electron chi connectivity index (χ2n) is 2.77. The van der Waals surface area contributed by atoms with Gasteiger partial charge in [-0.2, -0.15) is 0 Å². The lowest BCUT2D eigenvalue weighted by Crippen LogP contribution is -2.01. The van der Waals surface area contributed by atoms with Crippen molar-refractivity contribution in [1.82, 2.24) is 4.98 Å². The third kappa shape index (κ3) is 3.53. The first-order valence-corrected chi connectivity index (χ1v) is 5.46. The van der Waals surface area contributed by atoms with Crippen LogP contribution in [0.1, 0.15) is 19.8 Å². The largest absolute Gasteiger partial charge is 0.383 e. The van der Waals surface area contributed by atoms with Gasteiger partial charge < -0.3 is 5.32 Å². The van der Waals surface area contributed by atoms with Gasteiger partial charge in [-0.25, -0.2) is 4.98 Å². The van der Waals surface area contributed by atoms with Gasteiger partial charge in [0, 0.05) is 17.2 Å². The maximum absolute atomic E-state index is 5.88. The predicted molar refractivity (Wildman–Crippen MR) is 60.3 cm³/mol. The van der Waals surface area contributed by atoms with Crippen LogP contribution in [0.5, 0.6) is 0 Å². The van der Waals surface area contributed by atoms with Gasteiger partial charge in [0.1, 0.15) is 0 Å². The second-order valence-corrected chi connectivity index (χ2v) is 4.05. The molecule has 0 spiro atoms. The Bertz CT molecular complexity index is 278. The van der Waals surface area contributed by atoms with Gasteiger partial charge in [-0.15, -0.1) is 0 Å². The highest BCUT2D eigenvalue weighted by Crippen LogP contribution is 2.22. The molecular formula is C9H12BrClN2. The van der Waals surface area contributed by atoms with Gasteiger partial charge in [0.05, 0.1) is 5.69 Å². The molecule has 13 heavy (non-hydrogen) atoms. The van der Waals surface area contributed by atoms with Crippen LogP contribution < -0.4 is 5.32 Å². The van der Waals surface area contributed by atoms with Gasteiger partial charge in [-0.1, -0.05) is 24.9 Å². The SMILES string of the molecule is CCCCNc1cc(Br)cnc1Cl. The molecule has 0 aliphatic heterocycles. The van der Waals surface area contributed by atoms with E-state index in [-0.39, 0.29) is 0 Å². The molecule has 2 nitrogen and oxygen atoms in total. The van der Waals surface area contributed by atoms with Crippen LogP contribution in [0.4, 0.5) is 5.69 Å². The van der Waals surface area contributed by atoms with Crippen molar-refractivity contribution in [3.05, 3.63) is 21.9 Å². The van der Waals surface area contributed by atoms with Crippen molar-refractivity contribution in [2.75, 3.05) is 11.9 Å². The summed E-state index contributed by atoms with van der Waals surface area (Å²) < 4.78 is 0.941. The van der Waals surface area contributed by atoms with Crippen molar-refractivity contribution in [2.24, 2.45) is 0 Å². The molecule has 1 aromatic rings. The van der Waals surface area contributed by atoms with Crippen LogP contribution in [0.3, 0.4) is 0 Å². The van der Waals surface area contributed by atoms with E-state index in [1.165, 1.54) is 6.42 Å². The van der Waals surface area contributed by atoms with Gasteiger partial charge in [0.15, 0.2) is 5.15 Å². The van der Waals surface area contributed by atoms with Gasteiger partial charge in [-0.05, 0) is 28.4 Å². The van der Waals surface area contributed by atoms with Gasteiger partial charge >= 0.3 is 0 Å². The first-order valence-electron chi connectivity index (χ1n) is 4.29. The summed E-state index contributed by atoms with van der Waals surface area (Å²) in [5, 5.41) is 3.76. The molecule has 0 fully saturated rings. The predicted octanol–water partition coefficient (Wildman–Crippen LogP) is 3.71. The minimum absolute atomic E-state index is 0.527. The Balaban J connectivity index is 2.59. The molecule has 0 radical (unpaired) electrons. The highest BCUT2D eigenvalue weighted by Gasteiger charge is 2.00. The lowest BCUT2D eigenvalue weighted by Gasteiger charge is -2.06. The van der Waals surface area contributed by atoms with Crippen molar-refractivity contribution >= 4 is 33.2 Å². The summed E-state index contributed by atoms with van der Waals surface area (Å²) in [6.45, 7) is 3.09. The Morgan fingerprint density at radius 1 is 1.62 bits per heavy atom. The molecule has 0 atom stereocenters. The molecule has 0 aliphatic carbocycles. The fraction of sp³-hybridized carbons (Fsp3) is 0.444. The fourth-order valence-electron chi connectivity index (χ4n) is 0.946. The van der Waals surface area contributed by atoms with E-state index in [4.69, 9.17) is 11.6 Å². The van der Waals surface area contributed by atoms with Crippen LogP contribution in [0.2, 0.25) is 5.15 Å². The smallest absolute Gasteiger partial charge is 0.152 e. The Kier molecular flexibility index (Phi) is 4.53. The molecular weight excluding hydrogens is 251 g/mol. The first kappa shape index (κ1) is 10.8. The number of unbranched alkanes of at least 4 members (excludes halogenated alkanes) is 1. The lowest BCUT2D eigenvalue weighted by atomic mass is 10.3. The lowest BCUT2D eigenvalue weighted by molar-refractivity contribution is 0.834. The van der Waals surface area contributed by atoms with E-state index >= 15 is 0 Å². The van der Waals surface area contributed by atoms with Crippen LogP contribution in [-0.2, 0) is 0 Å². The first-order chi connectivity index (χ1) is 6.24. The van der Waals surface area contributed by atoms with Crippen LogP contribution >= 0.6 is 27.5 Å². The van der Waals surface area contributed by atoms with E-state index in [0.717, 1.165) is 23.1 Å². The maximum Gasteiger partial charge on any atom is 0.152 e. The Morgan fingerprint density at radius 2 is 2.38 bits per heavy atom. The van der Waals surface area contributed by atoms with E-state index in [1.54, 1.807) is 6.20 Å². The molecule has 0 amide bonds. The minimum Gasteiger partial charge on any atom is -0.383 e. The highest BCUT2D eigenvalue weighted by atomic mass is 79.9. The maximum atomic E-state index is 5.88. The summed E-state index contributed by atoms with van der Waals surface area (Å²) in [5.41, 5.74) is 0.893. The molecule has 0 aromatic carbocycles. The second kappa shape index (κ2) is 5.45. The number of rotatable bonds is 4. The molecule has 0 unspecified atom stereocenters. The number of pyridine rings is 1. The van der Waals surface area contributed by atoms with E-state index in [9.17, 15) is 0 Å². The Labute approximate surface area is 91.8 Å². The average molecular weight is 264 g/mol. The summed E-state index contributed by atoms with van der Waals surface area (Å²) in [6.07, 6.45) is 4.00. The number of nitrogens with one attached hydrogen (secondary N) is 1. The van der Waals surface area contributed by atoms with Gasteiger partial charge in [0.2, 0.25) is 0 Å². The number of nitrogens with zero attached hydrogens (tertiary/aromatic N) is 1. The number of anilines is 1. The zero-order chi connectivity index (χ0) is 9.68. The molecule has 1 heterocycles. The summed E-state index contributed by atoms with van der Waals surface area (Å²) in [4.78, 5) is 4.01. The van der Waals surface area contributed by atoms with Crippen molar-refractivity contribution in [1.29, 1.82) is 0 Å². The monoisotopic (exact) mass is 262 g/mol. The fourth-order valence-corrected chi connectivity index (χ4v) is 1.45. The molecule has 1 aromatic heterocycles. The quantitative estimate of drug-likeness (QED) is 0.662. The number of halogens is 2. The van der Waals surface area contributed by atoms with E-state index in [2.05, 4.69) is 33.2 Å². The molecule has 0 saturated heterocycles. The van der Waals surface area contributed by atoms with Crippen molar-refractivity contribution in [3.63, 3.8) is 0 Å². The summed E-state index contributed by atoms with van der Waals surface area (Å²) >= 11 is 9.22. The normalized spacial score (nSPS) is 10.1. The van der Waals surface area contributed by atoms with E-state index in [0.29, 0.717) is 5.15 Å². The average Bonchev–Trinajstić information content (AvgIpc) is 2.11.